The molecule has 0 saturated carbocycles. The van der Waals surface area contributed by atoms with Crippen molar-refractivity contribution in [3.05, 3.63) is 24.3 Å². The molecule has 1 atom stereocenters. The zero-order valence-corrected chi connectivity index (χ0v) is 13.4. The quantitative estimate of drug-likeness (QED) is 0.855. The summed E-state index contributed by atoms with van der Waals surface area (Å²) < 4.78 is 0. The number of carbonyl (C=O) groups is 3. The minimum Gasteiger partial charge on any atom is -0.391 e. The van der Waals surface area contributed by atoms with Crippen molar-refractivity contribution in [2.45, 2.75) is 31.8 Å². The number of β-amino-alcohol motifs (C(OH)–C–C–N with tert-alkyl or cyclic N) is 1. The summed E-state index contributed by atoms with van der Waals surface area (Å²) in [5.41, 5.74) is 1.26. The first-order chi connectivity index (χ1) is 11.5. The van der Waals surface area contributed by atoms with Crippen molar-refractivity contribution >= 4 is 29.1 Å². The monoisotopic (exact) mass is 331 g/mol. The highest BCUT2D eigenvalue weighted by Gasteiger charge is 2.28. The van der Waals surface area contributed by atoms with Crippen LogP contribution in [0.25, 0.3) is 0 Å². The van der Waals surface area contributed by atoms with Gasteiger partial charge in [-0.25, -0.2) is 0 Å². The molecule has 1 fully saturated rings. The number of piperidine rings is 1. The third-order valence-electron chi connectivity index (χ3n) is 4.37. The second-order valence-electron chi connectivity index (χ2n) is 6.18. The molecule has 3 rings (SSSR count). The van der Waals surface area contributed by atoms with Gasteiger partial charge in [0.1, 0.15) is 6.54 Å². The number of anilines is 2. The Morgan fingerprint density at radius 2 is 1.96 bits per heavy atom. The summed E-state index contributed by atoms with van der Waals surface area (Å²) in [6.45, 7) is 0.924. The fourth-order valence-corrected chi connectivity index (χ4v) is 3.14. The van der Waals surface area contributed by atoms with Crippen molar-refractivity contribution in [1.82, 2.24) is 4.90 Å². The topological polar surface area (TPSA) is 90.0 Å². The molecule has 0 bridgehead atoms. The number of aliphatic hydroxyl groups excluding tert-OH is 1. The van der Waals surface area contributed by atoms with Gasteiger partial charge in [0.2, 0.25) is 17.7 Å². The van der Waals surface area contributed by atoms with Gasteiger partial charge in [0.15, 0.2) is 0 Å². The third-order valence-corrected chi connectivity index (χ3v) is 4.37. The van der Waals surface area contributed by atoms with Gasteiger partial charge in [-0.15, -0.1) is 0 Å². The first kappa shape index (κ1) is 16.4. The Kier molecular flexibility index (Phi) is 4.80. The number of carbonyl (C=O) groups excluding carboxylic acids is 3. The molecule has 24 heavy (non-hydrogen) atoms. The van der Waals surface area contributed by atoms with Crippen LogP contribution >= 0.6 is 0 Å². The number of likely N-dealkylation sites (tertiary alicyclic amines) is 1. The highest BCUT2D eigenvalue weighted by atomic mass is 16.3. The SMILES string of the molecule is O=C1CN(C(=O)CCC(=O)N2CCCC(O)C2)c2ccccc2N1. The van der Waals surface area contributed by atoms with Gasteiger partial charge in [0.25, 0.3) is 0 Å². The van der Waals surface area contributed by atoms with Crippen molar-refractivity contribution < 1.29 is 19.5 Å². The molecule has 2 aliphatic rings. The number of fused-ring (bicyclic) bond motifs is 1. The molecular weight excluding hydrogens is 310 g/mol. The number of rotatable bonds is 3. The van der Waals surface area contributed by atoms with Crippen LogP contribution in [0.1, 0.15) is 25.7 Å². The Hall–Kier alpha value is -2.41. The molecule has 0 aromatic heterocycles. The number of nitrogens with one attached hydrogen (secondary N) is 1. The van der Waals surface area contributed by atoms with E-state index in [1.165, 1.54) is 4.90 Å². The lowest BCUT2D eigenvalue weighted by molar-refractivity contribution is -0.135. The Balaban J connectivity index is 1.61. The highest BCUT2D eigenvalue weighted by Crippen LogP contribution is 2.29. The summed E-state index contributed by atoms with van der Waals surface area (Å²) in [5.74, 6) is -0.618. The van der Waals surface area contributed by atoms with Crippen LogP contribution in [0.4, 0.5) is 11.4 Å². The minimum absolute atomic E-state index is 0.0353. The fraction of sp³-hybridized carbons (Fsp3) is 0.471. The van der Waals surface area contributed by atoms with Crippen LogP contribution in [0.3, 0.4) is 0 Å². The molecule has 1 saturated heterocycles. The maximum atomic E-state index is 12.5. The molecule has 3 amide bonds. The van der Waals surface area contributed by atoms with E-state index in [2.05, 4.69) is 5.32 Å². The molecule has 0 aliphatic carbocycles. The van der Waals surface area contributed by atoms with Crippen LogP contribution in [-0.2, 0) is 14.4 Å². The summed E-state index contributed by atoms with van der Waals surface area (Å²) in [4.78, 5) is 39.5. The first-order valence-electron chi connectivity index (χ1n) is 8.19. The van der Waals surface area contributed by atoms with Gasteiger partial charge in [-0.1, -0.05) is 12.1 Å². The van der Waals surface area contributed by atoms with E-state index in [0.29, 0.717) is 30.9 Å². The predicted octanol–water partition coefficient (Wildman–Crippen LogP) is 0.735. The third kappa shape index (κ3) is 3.56. The van der Waals surface area contributed by atoms with E-state index in [4.69, 9.17) is 0 Å². The van der Waals surface area contributed by atoms with E-state index in [9.17, 15) is 19.5 Å². The lowest BCUT2D eigenvalue weighted by Crippen LogP contribution is -2.44. The summed E-state index contributed by atoms with van der Waals surface area (Å²) in [7, 11) is 0. The predicted molar refractivity (Wildman–Crippen MR) is 88.5 cm³/mol. The number of aliphatic hydroxyl groups is 1. The number of benzene rings is 1. The lowest BCUT2D eigenvalue weighted by Gasteiger charge is -2.31. The van der Waals surface area contributed by atoms with Crippen LogP contribution < -0.4 is 10.2 Å². The van der Waals surface area contributed by atoms with Gasteiger partial charge in [0.05, 0.1) is 17.5 Å². The van der Waals surface area contributed by atoms with Crippen LogP contribution in [0.2, 0.25) is 0 Å². The number of nitrogens with zero attached hydrogens (tertiary/aromatic N) is 2. The largest absolute Gasteiger partial charge is 0.391 e. The van der Waals surface area contributed by atoms with Gasteiger partial charge in [-0.2, -0.15) is 0 Å². The van der Waals surface area contributed by atoms with Crippen molar-refractivity contribution in [2.75, 3.05) is 29.9 Å². The Labute approximate surface area is 140 Å². The zero-order chi connectivity index (χ0) is 17.1. The van der Waals surface area contributed by atoms with Crippen LogP contribution in [0.15, 0.2) is 24.3 Å². The van der Waals surface area contributed by atoms with Gasteiger partial charge in [0, 0.05) is 25.9 Å². The van der Waals surface area contributed by atoms with Gasteiger partial charge in [-0.05, 0) is 25.0 Å². The van der Waals surface area contributed by atoms with Crippen LogP contribution in [0, 0.1) is 0 Å². The van der Waals surface area contributed by atoms with E-state index in [0.717, 1.165) is 6.42 Å². The van der Waals surface area contributed by atoms with E-state index < -0.39 is 6.10 Å². The van der Waals surface area contributed by atoms with Gasteiger partial charge in [-0.3, -0.25) is 14.4 Å². The molecule has 1 aromatic rings. The average molecular weight is 331 g/mol. The van der Waals surface area contributed by atoms with Crippen molar-refractivity contribution in [3.8, 4) is 0 Å². The molecule has 7 heteroatoms. The number of para-hydroxylation sites is 2. The summed E-state index contributed by atoms with van der Waals surface area (Å²) in [5, 5.41) is 12.4. The first-order valence-corrected chi connectivity index (χ1v) is 8.19. The molecule has 128 valence electrons. The number of hydrogen-bond donors (Lipinski definition) is 2. The highest BCUT2D eigenvalue weighted by molar-refractivity contribution is 6.10. The molecule has 0 spiro atoms. The summed E-state index contributed by atoms with van der Waals surface area (Å²) >= 11 is 0. The van der Waals surface area contributed by atoms with Crippen LogP contribution in [-0.4, -0.2) is 53.5 Å². The molecular formula is C17H21N3O4. The number of amides is 3. The number of hydrogen-bond acceptors (Lipinski definition) is 4. The Morgan fingerprint density at radius 1 is 1.21 bits per heavy atom. The fourth-order valence-electron chi connectivity index (χ4n) is 3.14. The standard InChI is InChI=1S/C17H21N3O4/c21-12-4-3-9-19(10-12)16(23)7-8-17(24)20-11-15(22)18-13-5-1-2-6-14(13)20/h1-2,5-6,12,21H,3-4,7-11H2,(H,18,22). The normalized spacial score (nSPS) is 20.4. The van der Waals surface area contributed by atoms with Crippen molar-refractivity contribution in [2.24, 2.45) is 0 Å². The average Bonchev–Trinajstić information content (AvgIpc) is 2.58. The summed E-state index contributed by atoms with van der Waals surface area (Å²) in [6, 6.07) is 7.11. The molecule has 7 nitrogen and oxygen atoms in total. The molecule has 0 radical (unpaired) electrons. The Morgan fingerprint density at radius 3 is 2.75 bits per heavy atom. The second-order valence-corrected chi connectivity index (χ2v) is 6.18. The minimum atomic E-state index is -0.476. The molecule has 1 unspecified atom stereocenters. The van der Waals surface area contributed by atoms with E-state index in [1.54, 1.807) is 29.2 Å². The molecule has 2 aliphatic heterocycles. The summed E-state index contributed by atoms with van der Waals surface area (Å²) in [6.07, 6.45) is 1.15. The molecule has 2 N–H and O–H groups in total. The maximum absolute atomic E-state index is 12.5. The smallest absolute Gasteiger partial charge is 0.244 e. The molecule has 1 aromatic carbocycles. The van der Waals surface area contributed by atoms with Crippen molar-refractivity contribution in [3.63, 3.8) is 0 Å². The Bertz CT molecular complexity index is 661. The zero-order valence-electron chi connectivity index (χ0n) is 13.4. The van der Waals surface area contributed by atoms with E-state index in [-0.39, 0.29) is 37.1 Å². The maximum Gasteiger partial charge on any atom is 0.244 e. The van der Waals surface area contributed by atoms with Gasteiger partial charge < -0.3 is 20.2 Å². The van der Waals surface area contributed by atoms with E-state index >= 15 is 0 Å². The second kappa shape index (κ2) is 7.00. The van der Waals surface area contributed by atoms with Crippen LogP contribution in [0.5, 0.6) is 0 Å². The van der Waals surface area contributed by atoms with Gasteiger partial charge >= 0.3 is 0 Å². The van der Waals surface area contributed by atoms with E-state index in [1.807, 2.05) is 0 Å². The lowest BCUT2D eigenvalue weighted by atomic mass is 10.1. The molecule has 2 heterocycles. The van der Waals surface area contributed by atoms with Crippen molar-refractivity contribution in [1.29, 1.82) is 0 Å².